The Morgan fingerprint density at radius 2 is 2.00 bits per heavy atom. The maximum Gasteiger partial charge on any atom is 0.264 e. The molecule has 1 unspecified atom stereocenters. The molecule has 0 bridgehead atoms. The summed E-state index contributed by atoms with van der Waals surface area (Å²) in [6.07, 6.45) is 3.83. The van der Waals surface area contributed by atoms with E-state index in [0.717, 1.165) is 20.4 Å². The standard InChI is InChI=1S/C29H35IN4O4Si/c1-5-14-34-25-12-11-21(30)16-23(25)29(28(34)36)19(2)27(39(3,4)37)26(38-29)13-15-33-17-24(31-32-33)22(18-35)20-9-7-6-8-10-20/h5-12,16-17,19,22,26-27,35,37H,1,13-15,18H2,2-4H3/t19-,22?,26+,27-,29+/m0/s1. The summed E-state index contributed by atoms with van der Waals surface area (Å²) in [5.41, 5.74) is 2.09. The maximum absolute atomic E-state index is 14.1. The van der Waals surface area contributed by atoms with Crippen molar-refractivity contribution in [2.45, 2.75) is 56.1 Å². The maximum atomic E-state index is 14.1. The van der Waals surface area contributed by atoms with E-state index < -0.39 is 13.9 Å². The molecule has 1 aromatic heterocycles. The summed E-state index contributed by atoms with van der Waals surface area (Å²) >= 11 is 2.27. The minimum absolute atomic E-state index is 0.0671. The van der Waals surface area contributed by atoms with Gasteiger partial charge in [-0.3, -0.25) is 9.48 Å². The minimum atomic E-state index is -2.75. The van der Waals surface area contributed by atoms with E-state index in [9.17, 15) is 14.7 Å². The average Bonchev–Trinajstić information content (AvgIpc) is 3.55. The summed E-state index contributed by atoms with van der Waals surface area (Å²) in [6.45, 7) is 10.6. The Morgan fingerprint density at radius 3 is 2.67 bits per heavy atom. The van der Waals surface area contributed by atoms with Crippen LogP contribution < -0.4 is 4.90 Å². The van der Waals surface area contributed by atoms with Crippen LogP contribution in [0.3, 0.4) is 0 Å². The molecule has 8 nitrogen and oxygen atoms in total. The van der Waals surface area contributed by atoms with Crippen LogP contribution in [0, 0.1) is 9.49 Å². The number of carbonyl (C=O) groups is 1. The van der Waals surface area contributed by atoms with E-state index >= 15 is 0 Å². The molecule has 1 fully saturated rings. The molecule has 3 heterocycles. The first-order valence-electron chi connectivity index (χ1n) is 13.3. The molecule has 2 aliphatic heterocycles. The number of aryl methyl sites for hydroxylation is 1. The molecule has 1 spiro atoms. The van der Waals surface area contributed by atoms with Gasteiger partial charge in [-0.15, -0.1) is 11.7 Å². The summed E-state index contributed by atoms with van der Waals surface area (Å²) in [5, 5.41) is 18.7. The van der Waals surface area contributed by atoms with Crippen molar-refractivity contribution in [3.05, 3.63) is 87.8 Å². The van der Waals surface area contributed by atoms with E-state index in [1.54, 1.807) is 15.7 Å². The molecule has 0 aliphatic carbocycles. The first kappa shape index (κ1) is 28.2. The van der Waals surface area contributed by atoms with Crippen LogP contribution >= 0.6 is 22.6 Å². The van der Waals surface area contributed by atoms with Gasteiger partial charge in [-0.25, -0.2) is 0 Å². The Kier molecular flexibility index (Phi) is 7.86. The fourth-order valence-electron chi connectivity index (χ4n) is 6.53. The fourth-order valence-corrected chi connectivity index (χ4v) is 9.62. The summed E-state index contributed by atoms with van der Waals surface area (Å²) in [5.74, 6) is -0.556. The lowest BCUT2D eigenvalue weighted by molar-refractivity contribution is -0.145. The monoisotopic (exact) mass is 658 g/mol. The number of halogens is 1. The number of ether oxygens (including phenoxy) is 1. The van der Waals surface area contributed by atoms with E-state index in [1.807, 2.05) is 74.7 Å². The molecule has 206 valence electrons. The van der Waals surface area contributed by atoms with Gasteiger partial charge in [-0.2, -0.15) is 0 Å². The van der Waals surface area contributed by atoms with Crippen molar-refractivity contribution in [3.8, 4) is 0 Å². The zero-order valence-corrected chi connectivity index (χ0v) is 25.7. The van der Waals surface area contributed by atoms with Gasteiger partial charge in [0.2, 0.25) is 0 Å². The van der Waals surface area contributed by atoms with Crippen LogP contribution in [0.2, 0.25) is 18.6 Å². The van der Waals surface area contributed by atoms with Crippen LogP contribution in [0.1, 0.15) is 36.1 Å². The molecule has 0 saturated carbocycles. The fraction of sp³-hybridized carbons (Fsp3) is 0.414. The molecular formula is C29H35IN4O4Si. The van der Waals surface area contributed by atoms with Crippen LogP contribution in [-0.4, -0.2) is 58.4 Å². The van der Waals surface area contributed by atoms with Crippen molar-refractivity contribution in [2.75, 3.05) is 18.1 Å². The Labute approximate surface area is 244 Å². The second-order valence-corrected chi connectivity index (χ2v) is 16.3. The topological polar surface area (TPSA) is 101 Å². The van der Waals surface area contributed by atoms with Crippen LogP contribution in [0.4, 0.5) is 5.69 Å². The molecule has 10 heteroatoms. The molecule has 3 aromatic rings. The normalized spacial score (nSPS) is 25.3. The quantitative estimate of drug-likeness (QED) is 0.201. The number of hydrogen-bond acceptors (Lipinski definition) is 6. The predicted octanol–water partition coefficient (Wildman–Crippen LogP) is 4.43. The van der Waals surface area contributed by atoms with Gasteiger partial charge in [0, 0.05) is 39.9 Å². The molecular weight excluding hydrogens is 623 g/mol. The number of aromatic nitrogens is 3. The molecule has 1 saturated heterocycles. The number of anilines is 1. The highest BCUT2D eigenvalue weighted by Crippen LogP contribution is 2.59. The smallest absolute Gasteiger partial charge is 0.264 e. The Bertz CT molecular complexity index is 1360. The number of rotatable bonds is 9. The van der Waals surface area contributed by atoms with Crippen molar-refractivity contribution in [1.29, 1.82) is 0 Å². The van der Waals surface area contributed by atoms with Gasteiger partial charge < -0.3 is 19.5 Å². The van der Waals surface area contributed by atoms with Crippen molar-refractivity contribution in [1.82, 2.24) is 15.0 Å². The minimum Gasteiger partial charge on any atom is -0.432 e. The lowest BCUT2D eigenvalue weighted by Crippen LogP contribution is -2.46. The van der Waals surface area contributed by atoms with Crippen LogP contribution in [-0.2, 0) is 21.7 Å². The summed E-state index contributed by atoms with van der Waals surface area (Å²) in [7, 11) is -2.75. The van der Waals surface area contributed by atoms with Crippen molar-refractivity contribution >= 4 is 42.5 Å². The number of benzene rings is 2. The number of fused-ring (bicyclic) bond motifs is 2. The van der Waals surface area contributed by atoms with Gasteiger partial charge in [-0.05, 0) is 65.9 Å². The van der Waals surface area contributed by atoms with Crippen molar-refractivity contribution in [2.24, 2.45) is 5.92 Å². The van der Waals surface area contributed by atoms with Crippen LogP contribution in [0.15, 0.2) is 67.4 Å². The van der Waals surface area contributed by atoms with Gasteiger partial charge in [-0.1, -0.05) is 48.5 Å². The highest BCUT2D eigenvalue weighted by atomic mass is 127. The molecule has 2 aliphatic rings. The number of hydrogen-bond donors (Lipinski definition) is 2. The van der Waals surface area contributed by atoms with Gasteiger partial charge in [0.25, 0.3) is 5.91 Å². The third-order valence-electron chi connectivity index (χ3n) is 8.20. The number of carbonyl (C=O) groups excluding carboxylic acids is 1. The van der Waals surface area contributed by atoms with Gasteiger partial charge in [0.05, 0.1) is 30.0 Å². The Hall–Kier alpha value is -2.38. The first-order valence-corrected chi connectivity index (χ1v) is 17.4. The zero-order valence-electron chi connectivity index (χ0n) is 22.5. The molecule has 5 atom stereocenters. The van der Waals surface area contributed by atoms with Gasteiger partial charge >= 0.3 is 0 Å². The van der Waals surface area contributed by atoms with Crippen molar-refractivity contribution in [3.63, 3.8) is 0 Å². The van der Waals surface area contributed by atoms with E-state index in [1.165, 1.54) is 0 Å². The Morgan fingerprint density at radius 1 is 1.26 bits per heavy atom. The molecule has 39 heavy (non-hydrogen) atoms. The van der Waals surface area contributed by atoms with E-state index in [4.69, 9.17) is 4.74 Å². The molecule has 5 rings (SSSR count). The molecule has 0 radical (unpaired) electrons. The highest BCUT2D eigenvalue weighted by Gasteiger charge is 2.66. The first-order chi connectivity index (χ1) is 18.6. The van der Waals surface area contributed by atoms with Crippen LogP contribution in [0.25, 0.3) is 0 Å². The molecule has 2 aromatic carbocycles. The lowest BCUT2D eigenvalue weighted by Gasteiger charge is -2.32. The number of nitrogens with zero attached hydrogens (tertiary/aromatic N) is 4. The number of aliphatic hydroxyl groups is 1. The third kappa shape index (κ3) is 4.90. The third-order valence-corrected chi connectivity index (χ3v) is 11.4. The number of aliphatic hydroxyl groups excluding tert-OH is 1. The Balaban J connectivity index is 1.43. The van der Waals surface area contributed by atoms with Crippen LogP contribution in [0.5, 0.6) is 0 Å². The van der Waals surface area contributed by atoms with Gasteiger partial charge in [0.1, 0.15) is 0 Å². The van der Waals surface area contributed by atoms with Gasteiger partial charge in [0.15, 0.2) is 13.9 Å². The lowest BCUT2D eigenvalue weighted by atomic mass is 9.82. The number of amides is 1. The SMILES string of the molecule is C=CCN1C(=O)[C@]2(O[C@H](CCn3cc(C(CO)c4ccccc4)nn3)[C@@H]([Si](C)(C)O)[C@@H]2C)c2cc(I)ccc21. The highest BCUT2D eigenvalue weighted by molar-refractivity contribution is 14.1. The molecule has 2 N–H and O–H groups in total. The zero-order chi connectivity index (χ0) is 27.9. The van der Waals surface area contributed by atoms with Crippen molar-refractivity contribution < 1.29 is 19.4 Å². The summed E-state index contributed by atoms with van der Waals surface area (Å²) in [6, 6.07) is 15.8. The average molecular weight is 659 g/mol. The molecule has 1 amide bonds. The predicted molar refractivity (Wildman–Crippen MR) is 161 cm³/mol. The van der Waals surface area contributed by atoms with E-state index in [0.29, 0.717) is 25.2 Å². The summed E-state index contributed by atoms with van der Waals surface area (Å²) < 4.78 is 9.64. The second kappa shape index (κ2) is 10.9. The van der Waals surface area contributed by atoms with E-state index in [-0.39, 0.29) is 36.0 Å². The largest absolute Gasteiger partial charge is 0.432 e. The van der Waals surface area contributed by atoms with E-state index in [2.05, 4.69) is 39.5 Å². The summed E-state index contributed by atoms with van der Waals surface area (Å²) in [4.78, 5) is 27.3. The second-order valence-electron chi connectivity index (χ2n) is 11.1.